The Morgan fingerprint density at radius 1 is 0.293 bits per heavy atom. The second kappa shape index (κ2) is 13.8. The second-order valence-electron chi connectivity index (χ2n) is 15.1. The summed E-state index contributed by atoms with van der Waals surface area (Å²) in [6.45, 7) is 2.13. The number of para-hydroxylation sites is 4. The first-order chi connectivity index (χ1) is 28.7. The highest BCUT2D eigenvalue weighted by Gasteiger charge is 2.17. The van der Waals surface area contributed by atoms with E-state index in [0.29, 0.717) is 0 Å². The van der Waals surface area contributed by atoms with E-state index in [2.05, 4.69) is 239 Å². The summed E-state index contributed by atoms with van der Waals surface area (Å²) in [5.74, 6) is 0. The van der Waals surface area contributed by atoms with Crippen LogP contribution in [-0.2, 0) is 0 Å². The van der Waals surface area contributed by atoms with Gasteiger partial charge in [-0.1, -0.05) is 133 Å². The van der Waals surface area contributed by atoms with Crippen LogP contribution in [0.25, 0.3) is 77.2 Å². The van der Waals surface area contributed by atoms with Gasteiger partial charge in [-0.15, -0.1) is 0 Å². The molecule has 0 saturated carbocycles. The lowest BCUT2D eigenvalue weighted by Crippen LogP contribution is -2.10. The van der Waals surface area contributed by atoms with E-state index in [4.69, 9.17) is 0 Å². The third kappa shape index (κ3) is 5.67. The van der Waals surface area contributed by atoms with Crippen molar-refractivity contribution in [3.8, 4) is 33.6 Å². The maximum absolute atomic E-state index is 2.37. The van der Waals surface area contributed by atoms with Crippen LogP contribution in [0.4, 0.5) is 17.1 Å². The number of hydrogen-bond donors (Lipinski definition) is 0. The number of benzene rings is 9. The third-order valence-corrected chi connectivity index (χ3v) is 11.6. The normalized spacial score (nSPS) is 11.5. The van der Waals surface area contributed by atoms with Crippen LogP contribution in [0.2, 0.25) is 0 Å². The van der Waals surface area contributed by atoms with E-state index in [1.165, 1.54) is 77.1 Å². The molecule has 2 heterocycles. The first-order valence-electron chi connectivity index (χ1n) is 19.9. The number of aryl methyl sites for hydroxylation is 1. The van der Waals surface area contributed by atoms with Crippen molar-refractivity contribution >= 4 is 60.7 Å². The van der Waals surface area contributed by atoms with Gasteiger partial charge in [-0.25, -0.2) is 0 Å². The Kier molecular flexibility index (Phi) is 8.04. The van der Waals surface area contributed by atoms with Gasteiger partial charge in [-0.05, 0) is 120 Å². The fourth-order valence-corrected chi connectivity index (χ4v) is 8.76. The van der Waals surface area contributed by atoms with Crippen molar-refractivity contribution in [2.75, 3.05) is 4.90 Å². The van der Waals surface area contributed by atoms with Gasteiger partial charge in [0.15, 0.2) is 0 Å². The molecule has 9 aromatic carbocycles. The fourth-order valence-electron chi connectivity index (χ4n) is 8.76. The van der Waals surface area contributed by atoms with Gasteiger partial charge < -0.3 is 14.0 Å². The molecule has 3 nitrogen and oxygen atoms in total. The van der Waals surface area contributed by atoms with Gasteiger partial charge in [0.1, 0.15) is 0 Å². The van der Waals surface area contributed by atoms with Crippen LogP contribution in [-0.4, -0.2) is 9.13 Å². The third-order valence-electron chi connectivity index (χ3n) is 11.6. The summed E-state index contributed by atoms with van der Waals surface area (Å²) in [6.07, 6.45) is 0. The van der Waals surface area contributed by atoms with Crippen LogP contribution in [0.5, 0.6) is 0 Å². The molecule has 0 amide bonds. The molecule has 11 rings (SSSR count). The molecular weight excluding hydrogens is 703 g/mol. The topological polar surface area (TPSA) is 13.1 Å². The average molecular weight is 742 g/mol. The van der Waals surface area contributed by atoms with Gasteiger partial charge in [0.25, 0.3) is 0 Å². The zero-order valence-electron chi connectivity index (χ0n) is 32.1. The predicted molar refractivity (Wildman–Crippen MR) is 245 cm³/mol. The largest absolute Gasteiger partial charge is 0.311 e. The minimum absolute atomic E-state index is 1.09. The average Bonchev–Trinajstić information content (AvgIpc) is 3.81. The summed E-state index contributed by atoms with van der Waals surface area (Å²) in [6, 6.07) is 79.3. The molecule has 0 fully saturated rings. The molecule has 274 valence electrons. The molecule has 0 unspecified atom stereocenters. The van der Waals surface area contributed by atoms with Crippen LogP contribution >= 0.6 is 0 Å². The van der Waals surface area contributed by atoms with Crippen molar-refractivity contribution in [3.05, 3.63) is 224 Å². The Morgan fingerprint density at radius 3 is 1.17 bits per heavy atom. The molecule has 0 spiro atoms. The van der Waals surface area contributed by atoms with Crippen LogP contribution in [0.3, 0.4) is 0 Å². The maximum atomic E-state index is 2.37. The summed E-state index contributed by atoms with van der Waals surface area (Å²) in [5.41, 5.74) is 16.5. The number of rotatable bonds is 7. The summed E-state index contributed by atoms with van der Waals surface area (Å²) in [5, 5.41) is 5.03. The molecule has 0 saturated heterocycles. The smallest absolute Gasteiger partial charge is 0.0541 e. The Morgan fingerprint density at radius 2 is 0.655 bits per heavy atom. The highest BCUT2D eigenvalue weighted by molar-refractivity contribution is 6.11. The Bertz CT molecular complexity index is 3190. The predicted octanol–water partition coefficient (Wildman–Crippen LogP) is 15.0. The van der Waals surface area contributed by atoms with Crippen molar-refractivity contribution in [1.82, 2.24) is 9.13 Å². The molecule has 0 N–H and O–H groups in total. The van der Waals surface area contributed by atoms with Gasteiger partial charge >= 0.3 is 0 Å². The van der Waals surface area contributed by atoms with E-state index in [1.54, 1.807) is 0 Å². The van der Waals surface area contributed by atoms with Crippen molar-refractivity contribution in [1.29, 1.82) is 0 Å². The van der Waals surface area contributed by atoms with Crippen LogP contribution < -0.4 is 4.90 Å². The molecular formula is C55H39N3. The van der Waals surface area contributed by atoms with E-state index in [-0.39, 0.29) is 0 Å². The molecule has 11 aromatic rings. The molecule has 0 aliphatic rings. The van der Waals surface area contributed by atoms with Gasteiger partial charge in [-0.3, -0.25) is 0 Å². The first kappa shape index (κ1) is 33.7. The van der Waals surface area contributed by atoms with Crippen LogP contribution in [0.1, 0.15) is 5.56 Å². The Hall–Kier alpha value is -7.62. The second-order valence-corrected chi connectivity index (χ2v) is 15.1. The summed E-state index contributed by atoms with van der Waals surface area (Å²) in [7, 11) is 0. The highest BCUT2D eigenvalue weighted by atomic mass is 15.1. The van der Waals surface area contributed by atoms with Gasteiger partial charge in [-0.2, -0.15) is 0 Å². The maximum Gasteiger partial charge on any atom is 0.0541 e. The molecule has 0 bridgehead atoms. The van der Waals surface area contributed by atoms with E-state index < -0.39 is 0 Å². The van der Waals surface area contributed by atoms with Gasteiger partial charge in [0, 0.05) is 50.0 Å². The Labute approximate surface area is 337 Å². The number of hydrogen-bond acceptors (Lipinski definition) is 1. The van der Waals surface area contributed by atoms with Crippen molar-refractivity contribution in [2.24, 2.45) is 0 Å². The quantitative estimate of drug-likeness (QED) is 0.159. The van der Waals surface area contributed by atoms with Crippen molar-refractivity contribution in [3.63, 3.8) is 0 Å². The summed E-state index contributed by atoms with van der Waals surface area (Å²) >= 11 is 0. The molecule has 0 radical (unpaired) electrons. The zero-order valence-corrected chi connectivity index (χ0v) is 32.1. The lowest BCUT2D eigenvalue weighted by molar-refractivity contribution is 1.17. The molecule has 0 atom stereocenters. The fraction of sp³-hybridized carbons (Fsp3) is 0.0182. The molecule has 3 heteroatoms. The summed E-state index contributed by atoms with van der Waals surface area (Å²) < 4.78 is 4.74. The SMILES string of the molecule is Cc1ccc(-c2ccc(N(c3ccc(-c4ccc5c(c4)c4ccccc4n5-c4ccccc4)cc3)c3ccc(-n4c5ccccc5c5ccccc54)cc3)cc2)cc1. The van der Waals surface area contributed by atoms with E-state index in [0.717, 1.165) is 22.7 Å². The van der Waals surface area contributed by atoms with Gasteiger partial charge in [0.2, 0.25) is 0 Å². The number of fused-ring (bicyclic) bond motifs is 6. The summed E-state index contributed by atoms with van der Waals surface area (Å²) in [4.78, 5) is 2.36. The van der Waals surface area contributed by atoms with Gasteiger partial charge in [0.05, 0.1) is 22.1 Å². The molecule has 2 aromatic heterocycles. The minimum atomic E-state index is 1.09. The van der Waals surface area contributed by atoms with E-state index in [1.807, 2.05) is 0 Å². The van der Waals surface area contributed by atoms with Crippen molar-refractivity contribution in [2.45, 2.75) is 6.92 Å². The molecule has 58 heavy (non-hydrogen) atoms. The standard InChI is InChI=1S/C55H39N3/c1-38-19-21-39(22-20-38)40-23-28-44(29-24-40)56(46-32-34-47(35-33-46)58-52-16-8-5-13-48(52)49-14-6-9-17-53(49)58)45-30-25-41(26-31-45)42-27-36-55-51(37-42)50-15-7-10-18-54(50)57(55)43-11-3-2-4-12-43/h2-37H,1H3. The van der Waals surface area contributed by atoms with Crippen LogP contribution in [0, 0.1) is 6.92 Å². The Balaban J connectivity index is 0.993. The lowest BCUT2D eigenvalue weighted by atomic mass is 10.0. The van der Waals surface area contributed by atoms with Crippen molar-refractivity contribution < 1.29 is 0 Å². The molecule has 0 aliphatic carbocycles. The van der Waals surface area contributed by atoms with E-state index >= 15 is 0 Å². The first-order valence-corrected chi connectivity index (χ1v) is 19.9. The lowest BCUT2D eigenvalue weighted by Gasteiger charge is -2.26. The number of anilines is 3. The van der Waals surface area contributed by atoms with E-state index in [9.17, 15) is 0 Å². The number of aromatic nitrogens is 2. The zero-order chi connectivity index (χ0) is 38.6. The highest BCUT2D eigenvalue weighted by Crippen LogP contribution is 2.40. The molecule has 0 aliphatic heterocycles. The minimum Gasteiger partial charge on any atom is -0.311 e. The monoisotopic (exact) mass is 741 g/mol. The number of nitrogens with zero attached hydrogens (tertiary/aromatic N) is 3. The van der Waals surface area contributed by atoms with Crippen LogP contribution in [0.15, 0.2) is 218 Å².